The normalized spacial score (nSPS) is 10.7. The molecule has 20 heavy (non-hydrogen) atoms. The fourth-order valence-corrected chi connectivity index (χ4v) is 2.19. The van der Waals surface area contributed by atoms with Gasteiger partial charge in [-0.1, -0.05) is 30.3 Å². The average Bonchev–Trinajstić information content (AvgIpc) is 2.47. The van der Waals surface area contributed by atoms with Gasteiger partial charge in [-0.15, -0.1) is 0 Å². The SMILES string of the molecule is Fc1cccc(CCNc2ccc3ccccc3n2)c1. The zero-order valence-corrected chi connectivity index (χ0v) is 11.0. The number of hydrogen-bond acceptors (Lipinski definition) is 2. The summed E-state index contributed by atoms with van der Waals surface area (Å²) in [6, 6.07) is 18.7. The minimum absolute atomic E-state index is 0.189. The van der Waals surface area contributed by atoms with Gasteiger partial charge >= 0.3 is 0 Å². The minimum Gasteiger partial charge on any atom is -0.370 e. The number of aromatic nitrogens is 1. The van der Waals surface area contributed by atoms with E-state index in [1.165, 1.54) is 6.07 Å². The van der Waals surface area contributed by atoms with Gasteiger partial charge in [0.2, 0.25) is 0 Å². The second kappa shape index (κ2) is 5.70. The summed E-state index contributed by atoms with van der Waals surface area (Å²) in [5.41, 5.74) is 1.96. The lowest BCUT2D eigenvalue weighted by atomic mass is 10.1. The molecule has 0 saturated heterocycles. The number of fused-ring (bicyclic) bond motifs is 1. The molecule has 1 N–H and O–H groups in total. The van der Waals surface area contributed by atoms with Crippen LogP contribution in [-0.2, 0) is 6.42 Å². The van der Waals surface area contributed by atoms with Gasteiger partial charge in [-0.3, -0.25) is 0 Å². The predicted molar refractivity (Wildman–Crippen MR) is 80.3 cm³/mol. The van der Waals surface area contributed by atoms with E-state index in [4.69, 9.17) is 0 Å². The standard InChI is InChI=1S/C17H15FN2/c18-15-6-3-4-13(12-15)10-11-19-17-9-8-14-5-1-2-7-16(14)20-17/h1-9,12H,10-11H2,(H,19,20). The number of benzene rings is 2. The van der Waals surface area contributed by atoms with Gasteiger partial charge in [0.15, 0.2) is 0 Å². The second-order valence-corrected chi connectivity index (χ2v) is 4.70. The third-order valence-electron chi connectivity index (χ3n) is 3.21. The molecule has 1 aromatic heterocycles. The van der Waals surface area contributed by atoms with E-state index >= 15 is 0 Å². The fourth-order valence-electron chi connectivity index (χ4n) is 2.19. The van der Waals surface area contributed by atoms with Crippen LogP contribution in [0.4, 0.5) is 10.2 Å². The van der Waals surface area contributed by atoms with Crippen molar-refractivity contribution in [1.29, 1.82) is 0 Å². The number of anilines is 1. The third-order valence-corrected chi connectivity index (χ3v) is 3.21. The summed E-state index contributed by atoms with van der Waals surface area (Å²) in [6.07, 6.45) is 0.770. The maximum Gasteiger partial charge on any atom is 0.126 e. The zero-order valence-electron chi connectivity index (χ0n) is 11.0. The Balaban J connectivity index is 1.65. The Hall–Kier alpha value is -2.42. The van der Waals surface area contributed by atoms with Gasteiger partial charge in [-0.2, -0.15) is 0 Å². The minimum atomic E-state index is -0.189. The van der Waals surface area contributed by atoms with Crippen LogP contribution in [0.25, 0.3) is 10.9 Å². The topological polar surface area (TPSA) is 24.9 Å². The summed E-state index contributed by atoms with van der Waals surface area (Å²) in [7, 11) is 0. The Morgan fingerprint density at radius 1 is 0.950 bits per heavy atom. The molecule has 0 amide bonds. The van der Waals surface area contributed by atoms with Crippen LogP contribution in [0.5, 0.6) is 0 Å². The quantitative estimate of drug-likeness (QED) is 0.771. The summed E-state index contributed by atoms with van der Waals surface area (Å²) < 4.78 is 13.1. The Morgan fingerprint density at radius 2 is 1.85 bits per heavy atom. The molecule has 0 aliphatic carbocycles. The van der Waals surface area contributed by atoms with E-state index in [0.29, 0.717) is 0 Å². The number of rotatable bonds is 4. The molecule has 0 aliphatic heterocycles. The largest absolute Gasteiger partial charge is 0.370 e. The van der Waals surface area contributed by atoms with Crippen molar-refractivity contribution in [2.75, 3.05) is 11.9 Å². The summed E-state index contributed by atoms with van der Waals surface area (Å²) in [6.45, 7) is 0.731. The lowest BCUT2D eigenvalue weighted by molar-refractivity contribution is 0.625. The Bertz CT molecular complexity index is 725. The molecular formula is C17H15FN2. The first-order valence-corrected chi connectivity index (χ1v) is 6.65. The second-order valence-electron chi connectivity index (χ2n) is 4.70. The molecule has 3 aromatic rings. The van der Waals surface area contributed by atoms with Crippen molar-refractivity contribution in [3.05, 3.63) is 72.0 Å². The molecule has 1 heterocycles. The first-order valence-electron chi connectivity index (χ1n) is 6.65. The van der Waals surface area contributed by atoms with Gasteiger partial charge in [0.25, 0.3) is 0 Å². The number of nitrogens with zero attached hydrogens (tertiary/aromatic N) is 1. The zero-order chi connectivity index (χ0) is 13.8. The highest BCUT2D eigenvalue weighted by Crippen LogP contribution is 2.14. The van der Waals surface area contributed by atoms with E-state index < -0.39 is 0 Å². The van der Waals surface area contributed by atoms with Gasteiger partial charge < -0.3 is 5.32 Å². The number of para-hydroxylation sites is 1. The van der Waals surface area contributed by atoms with Crippen LogP contribution in [-0.4, -0.2) is 11.5 Å². The molecule has 0 radical (unpaired) electrons. The molecule has 0 atom stereocenters. The fraction of sp³-hybridized carbons (Fsp3) is 0.118. The van der Waals surface area contributed by atoms with Crippen molar-refractivity contribution in [2.45, 2.75) is 6.42 Å². The lowest BCUT2D eigenvalue weighted by Crippen LogP contribution is -2.06. The van der Waals surface area contributed by atoms with Crippen LogP contribution in [0.15, 0.2) is 60.7 Å². The molecule has 0 unspecified atom stereocenters. The first-order chi connectivity index (χ1) is 9.81. The Kier molecular flexibility index (Phi) is 3.59. The number of pyridine rings is 1. The van der Waals surface area contributed by atoms with Gasteiger partial charge in [0.1, 0.15) is 11.6 Å². The third kappa shape index (κ3) is 2.94. The Morgan fingerprint density at radius 3 is 2.75 bits per heavy atom. The lowest BCUT2D eigenvalue weighted by Gasteiger charge is -2.07. The van der Waals surface area contributed by atoms with Gasteiger partial charge in [0.05, 0.1) is 5.52 Å². The van der Waals surface area contributed by atoms with Crippen molar-refractivity contribution in [3.8, 4) is 0 Å². The number of hydrogen-bond donors (Lipinski definition) is 1. The first kappa shape index (κ1) is 12.6. The molecule has 0 spiro atoms. The van der Waals surface area contributed by atoms with Crippen molar-refractivity contribution >= 4 is 16.7 Å². The molecule has 2 nitrogen and oxygen atoms in total. The molecule has 3 rings (SSSR count). The average molecular weight is 266 g/mol. The van der Waals surface area contributed by atoms with Gasteiger partial charge in [-0.25, -0.2) is 9.37 Å². The summed E-state index contributed by atoms with van der Waals surface area (Å²) in [5, 5.41) is 4.40. The van der Waals surface area contributed by atoms with E-state index in [0.717, 1.165) is 35.2 Å². The van der Waals surface area contributed by atoms with Crippen LogP contribution < -0.4 is 5.32 Å². The van der Waals surface area contributed by atoms with Crippen LogP contribution >= 0.6 is 0 Å². The smallest absolute Gasteiger partial charge is 0.126 e. The van der Waals surface area contributed by atoms with Crippen molar-refractivity contribution in [1.82, 2.24) is 4.98 Å². The molecule has 2 aromatic carbocycles. The van der Waals surface area contributed by atoms with Crippen molar-refractivity contribution in [3.63, 3.8) is 0 Å². The van der Waals surface area contributed by atoms with E-state index in [1.54, 1.807) is 12.1 Å². The molecule has 0 aliphatic rings. The number of halogens is 1. The van der Waals surface area contributed by atoms with Gasteiger partial charge in [0, 0.05) is 11.9 Å². The summed E-state index contributed by atoms with van der Waals surface area (Å²) >= 11 is 0. The number of nitrogens with one attached hydrogen (secondary N) is 1. The van der Waals surface area contributed by atoms with Crippen LogP contribution in [0, 0.1) is 5.82 Å². The molecule has 0 saturated carbocycles. The maximum absolute atomic E-state index is 13.1. The monoisotopic (exact) mass is 266 g/mol. The predicted octanol–water partition coefficient (Wildman–Crippen LogP) is 4.03. The van der Waals surface area contributed by atoms with Gasteiger partial charge in [-0.05, 0) is 42.3 Å². The molecule has 0 fully saturated rings. The van der Waals surface area contributed by atoms with E-state index in [2.05, 4.69) is 10.3 Å². The highest BCUT2D eigenvalue weighted by molar-refractivity contribution is 5.80. The van der Waals surface area contributed by atoms with E-state index in [1.807, 2.05) is 42.5 Å². The molecular weight excluding hydrogens is 251 g/mol. The molecule has 3 heteroatoms. The Labute approximate surface area is 117 Å². The van der Waals surface area contributed by atoms with Crippen LogP contribution in [0.2, 0.25) is 0 Å². The van der Waals surface area contributed by atoms with E-state index in [9.17, 15) is 4.39 Å². The van der Waals surface area contributed by atoms with Crippen molar-refractivity contribution in [2.24, 2.45) is 0 Å². The molecule has 0 bridgehead atoms. The molecule has 100 valence electrons. The van der Waals surface area contributed by atoms with Crippen LogP contribution in [0.3, 0.4) is 0 Å². The summed E-state index contributed by atoms with van der Waals surface area (Å²) in [5.74, 6) is 0.659. The van der Waals surface area contributed by atoms with Crippen molar-refractivity contribution < 1.29 is 4.39 Å². The summed E-state index contributed by atoms with van der Waals surface area (Å²) in [4.78, 5) is 4.54. The highest BCUT2D eigenvalue weighted by atomic mass is 19.1. The highest BCUT2D eigenvalue weighted by Gasteiger charge is 1.98. The maximum atomic E-state index is 13.1. The van der Waals surface area contributed by atoms with Crippen LogP contribution in [0.1, 0.15) is 5.56 Å². The van der Waals surface area contributed by atoms with E-state index in [-0.39, 0.29) is 5.82 Å².